The Hall–Kier alpha value is -0.530. The first-order valence-electron chi connectivity index (χ1n) is 8.61. The topological polar surface area (TPSA) is 37.3 Å². The van der Waals surface area contributed by atoms with E-state index in [1.165, 1.54) is 38.5 Å². The maximum atomic E-state index is 12.2. The third-order valence-electron chi connectivity index (χ3n) is 5.82. The molecule has 2 nitrogen and oxygen atoms in total. The average Bonchev–Trinajstić information content (AvgIpc) is 2.39. The molecule has 1 atom stereocenters. The normalized spacial score (nSPS) is 26.1. The zero-order valence-electron chi connectivity index (χ0n) is 13.6. The van der Waals surface area contributed by atoms with Gasteiger partial charge in [0.15, 0.2) is 0 Å². The van der Waals surface area contributed by atoms with Gasteiger partial charge in [-0.1, -0.05) is 72.1 Å². The maximum Gasteiger partial charge on any atom is 0.309 e. The third kappa shape index (κ3) is 3.04. The minimum atomic E-state index is -0.511. The molecule has 2 saturated carbocycles. The Kier molecular flexibility index (Phi) is 4.81. The lowest BCUT2D eigenvalue weighted by atomic mass is 9.52. The average molecular weight is 280 g/mol. The summed E-state index contributed by atoms with van der Waals surface area (Å²) < 4.78 is 0. The van der Waals surface area contributed by atoms with Gasteiger partial charge in [-0.3, -0.25) is 4.79 Å². The molecule has 2 aliphatic carbocycles. The second kappa shape index (κ2) is 6.07. The SMILES string of the molecule is CC(C)(C)C(C1CCCCC1)C1(C(=O)O)CCCCC1. The van der Waals surface area contributed by atoms with Gasteiger partial charge in [0.25, 0.3) is 0 Å². The molecule has 116 valence electrons. The highest BCUT2D eigenvalue weighted by molar-refractivity contribution is 5.75. The molecule has 0 aromatic heterocycles. The van der Waals surface area contributed by atoms with Crippen molar-refractivity contribution in [2.45, 2.75) is 85.0 Å². The summed E-state index contributed by atoms with van der Waals surface area (Å²) in [6, 6.07) is 0. The standard InChI is InChI=1S/C18H32O2/c1-17(2,3)15(14-10-6-4-7-11-14)18(16(19)20)12-8-5-9-13-18/h14-15H,4-13H2,1-3H3,(H,19,20). The molecule has 1 unspecified atom stereocenters. The predicted octanol–water partition coefficient (Wildman–Crippen LogP) is 5.26. The Labute approximate surface area is 124 Å². The second-order valence-corrected chi connectivity index (χ2v) is 8.26. The molecule has 0 bridgehead atoms. The summed E-state index contributed by atoms with van der Waals surface area (Å²) in [6.45, 7) is 6.81. The summed E-state index contributed by atoms with van der Waals surface area (Å²) in [4.78, 5) is 12.2. The van der Waals surface area contributed by atoms with Crippen molar-refractivity contribution in [2.75, 3.05) is 0 Å². The fourth-order valence-electron chi connectivity index (χ4n) is 5.30. The van der Waals surface area contributed by atoms with Crippen molar-refractivity contribution < 1.29 is 9.90 Å². The Morgan fingerprint density at radius 3 is 1.95 bits per heavy atom. The van der Waals surface area contributed by atoms with Crippen LogP contribution in [-0.4, -0.2) is 11.1 Å². The molecule has 2 fully saturated rings. The van der Waals surface area contributed by atoms with Crippen molar-refractivity contribution in [3.8, 4) is 0 Å². The second-order valence-electron chi connectivity index (χ2n) is 8.26. The van der Waals surface area contributed by atoms with Crippen LogP contribution in [0.1, 0.15) is 85.0 Å². The minimum absolute atomic E-state index is 0.0950. The summed E-state index contributed by atoms with van der Waals surface area (Å²) >= 11 is 0. The lowest BCUT2D eigenvalue weighted by Gasteiger charge is -2.51. The van der Waals surface area contributed by atoms with Gasteiger partial charge in [0.05, 0.1) is 5.41 Å². The van der Waals surface area contributed by atoms with Gasteiger partial charge in [0.1, 0.15) is 0 Å². The number of carbonyl (C=O) groups is 1. The summed E-state index contributed by atoms with van der Waals surface area (Å²) in [5.41, 5.74) is -0.351. The molecule has 0 aliphatic heterocycles. The number of carboxylic acids is 1. The molecule has 1 N–H and O–H groups in total. The van der Waals surface area contributed by atoms with Gasteiger partial charge in [-0.05, 0) is 30.1 Å². The van der Waals surface area contributed by atoms with Crippen LogP contribution in [0.4, 0.5) is 0 Å². The number of aliphatic carboxylic acids is 1. The van der Waals surface area contributed by atoms with Gasteiger partial charge in [0.2, 0.25) is 0 Å². The molecule has 2 rings (SSSR count). The predicted molar refractivity (Wildman–Crippen MR) is 82.7 cm³/mol. The number of rotatable bonds is 3. The fourth-order valence-corrected chi connectivity index (χ4v) is 5.30. The van der Waals surface area contributed by atoms with Crippen molar-refractivity contribution in [1.29, 1.82) is 0 Å². The first kappa shape index (κ1) is 15.9. The molecular weight excluding hydrogens is 248 g/mol. The van der Waals surface area contributed by atoms with Gasteiger partial charge in [-0.25, -0.2) is 0 Å². The van der Waals surface area contributed by atoms with Crippen LogP contribution in [0.5, 0.6) is 0 Å². The van der Waals surface area contributed by atoms with Crippen LogP contribution in [0.25, 0.3) is 0 Å². The van der Waals surface area contributed by atoms with Crippen LogP contribution >= 0.6 is 0 Å². The van der Waals surface area contributed by atoms with E-state index in [4.69, 9.17) is 0 Å². The molecule has 2 aliphatic rings. The van der Waals surface area contributed by atoms with Gasteiger partial charge < -0.3 is 5.11 Å². The zero-order valence-corrected chi connectivity index (χ0v) is 13.6. The van der Waals surface area contributed by atoms with Crippen LogP contribution in [0.15, 0.2) is 0 Å². The van der Waals surface area contributed by atoms with Crippen LogP contribution in [0.2, 0.25) is 0 Å². The highest BCUT2D eigenvalue weighted by atomic mass is 16.4. The van der Waals surface area contributed by atoms with E-state index in [2.05, 4.69) is 20.8 Å². The van der Waals surface area contributed by atoms with Gasteiger partial charge in [0, 0.05) is 0 Å². The van der Waals surface area contributed by atoms with Crippen molar-refractivity contribution >= 4 is 5.97 Å². The maximum absolute atomic E-state index is 12.2. The smallest absolute Gasteiger partial charge is 0.309 e. The first-order valence-corrected chi connectivity index (χ1v) is 8.61. The monoisotopic (exact) mass is 280 g/mol. The molecule has 0 spiro atoms. The molecule has 0 heterocycles. The minimum Gasteiger partial charge on any atom is -0.481 e. The van der Waals surface area contributed by atoms with E-state index in [-0.39, 0.29) is 5.41 Å². The summed E-state index contributed by atoms with van der Waals surface area (Å²) in [5, 5.41) is 10.1. The number of hydrogen-bond acceptors (Lipinski definition) is 1. The van der Waals surface area contributed by atoms with Crippen molar-refractivity contribution in [3.05, 3.63) is 0 Å². The van der Waals surface area contributed by atoms with E-state index in [0.717, 1.165) is 25.7 Å². The fraction of sp³-hybridized carbons (Fsp3) is 0.944. The molecule has 2 heteroatoms. The molecule has 0 radical (unpaired) electrons. The van der Waals surface area contributed by atoms with Crippen LogP contribution < -0.4 is 0 Å². The number of carboxylic acid groups (broad SMARTS) is 1. The van der Waals surface area contributed by atoms with Gasteiger partial charge in [-0.2, -0.15) is 0 Å². The van der Waals surface area contributed by atoms with E-state index >= 15 is 0 Å². The quantitative estimate of drug-likeness (QED) is 0.765. The largest absolute Gasteiger partial charge is 0.481 e. The lowest BCUT2D eigenvalue weighted by molar-refractivity contribution is -0.163. The molecule has 20 heavy (non-hydrogen) atoms. The van der Waals surface area contributed by atoms with E-state index in [0.29, 0.717) is 11.8 Å². The molecule has 0 aromatic rings. The molecule has 0 amide bonds. The van der Waals surface area contributed by atoms with Crippen molar-refractivity contribution in [3.63, 3.8) is 0 Å². The van der Waals surface area contributed by atoms with Gasteiger partial charge >= 0.3 is 5.97 Å². The molecular formula is C18H32O2. The van der Waals surface area contributed by atoms with E-state index in [9.17, 15) is 9.90 Å². The highest BCUT2D eigenvalue weighted by Gasteiger charge is 2.53. The van der Waals surface area contributed by atoms with Crippen LogP contribution in [0.3, 0.4) is 0 Å². The van der Waals surface area contributed by atoms with Crippen LogP contribution in [0, 0.1) is 22.7 Å². The number of hydrogen-bond donors (Lipinski definition) is 1. The Morgan fingerprint density at radius 2 is 1.50 bits per heavy atom. The lowest BCUT2D eigenvalue weighted by Crippen LogP contribution is -2.49. The van der Waals surface area contributed by atoms with E-state index in [1.807, 2.05) is 0 Å². The summed E-state index contributed by atoms with van der Waals surface area (Å²) in [6.07, 6.45) is 11.7. The van der Waals surface area contributed by atoms with Crippen molar-refractivity contribution in [2.24, 2.45) is 22.7 Å². The van der Waals surface area contributed by atoms with Gasteiger partial charge in [-0.15, -0.1) is 0 Å². The summed E-state index contributed by atoms with van der Waals surface area (Å²) in [7, 11) is 0. The third-order valence-corrected chi connectivity index (χ3v) is 5.82. The molecule has 0 saturated heterocycles. The van der Waals surface area contributed by atoms with Crippen molar-refractivity contribution in [1.82, 2.24) is 0 Å². The Bertz CT molecular complexity index is 328. The Balaban J connectivity index is 2.34. The highest BCUT2D eigenvalue weighted by Crippen LogP contribution is 2.55. The van der Waals surface area contributed by atoms with E-state index < -0.39 is 11.4 Å². The Morgan fingerprint density at radius 1 is 1.00 bits per heavy atom. The molecule has 0 aromatic carbocycles. The van der Waals surface area contributed by atoms with Crippen LogP contribution in [-0.2, 0) is 4.79 Å². The van der Waals surface area contributed by atoms with E-state index in [1.54, 1.807) is 0 Å². The first-order chi connectivity index (χ1) is 9.38. The summed E-state index contributed by atoms with van der Waals surface area (Å²) in [5.74, 6) is 0.453. The zero-order chi connectivity index (χ0) is 14.8.